The quantitative estimate of drug-likeness (QED) is 0.0816. The minimum atomic E-state index is -6.25. The molecule has 4 rings (SSSR count). The summed E-state index contributed by atoms with van der Waals surface area (Å²) in [4.78, 5) is 89.8. The van der Waals surface area contributed by atoms with Gasteiger partial charge >= 0.3 is 42.7 Å². The van der Waals surface area contributed by atoms with Gasteiger partial charge in [0.05, 0.1) is 13.2 Å². The highest BCUT2D eigenvalue weighted by atomic mass is 31.3. The highest BCUT2D eigenvalue weighted by Crippen LogP contribution is 2.71. The number of aryl methyl sites for hydroxylation is 1. The summed E-state index contributed by atoms with van der Waals surface area (Å²) in [6.07, 6.45) is -12.6. The summed E-state index contributed by atoms with van der Waals surface area (Å²) in [6, 6.07) is 0.866. The van der Waals surface area contributed by atoms with E-state index in [0.29, 0.717) is 9.13 Å². The zero-order valence-corrected chi connectivity index (χ0v) is 28.2. The van der Waals surface area contributed by atoms with Crippen molar-refractivity contribution < 1.29 is 89.7 Å². The van der Waals surface area contributed by atoms with Crippen LogP contribution in [0.15, 0.2) is 37.6 Å². The first kappa shape index (κ1) is 40.5. The third-order valence-electron chi connectivity index (χ3n) is 6.64. The fraction of sp³-hybridized carbons (Fsp3) is 0.579. The molecule has 27 nitrogen and oxygen atoms in total. The Hall–Kier alpha value is -2.32. The Morgan fingerprint density at radius 3 is 1.56 bits per heavy atom. The van der Waals surface area contributed by atoms with Crippen LogP contribution in [0.1, 0.15) is 18.0 Å². The molecule has 282 valence electrons. The van der Waals surface area contributed by atoms with Crippen LogP contribution in [0.25, 0.3) is 0 Å². The second kappa shape index (κ2) is 15.0. The number of aliphatic hydroxyl groups is 4. The van der Waals surface area contributed by atoms with Gasteiger partial charge in [-0.25, -0.2) is 27.8 Å². The summed E-state index contributed by atoms with van der Waals surface area (Å²) < 4.78 is 80.8. The van der Waals surface area contributed by atoms with Crippen LogP contribution in [0.3, 0.4) is 0 Å². The molecule has 0 radical (unpaired) electrons. The van der Waals surface area contributed by atoms with Gasteiger partial charge < -0.3 is 49.5 Å². The molecule has 4 heterocycles. The zero-order chi connectivity index (χ0) is 37.6. The molecule has 2 aromatic heterocycles. The number of hydrogen-bond acceptors (Lipinski definition) is 19. The molecule has 0 spiro atoms. The lowest BCUT2D eigenvalue weighted by molar-refractivity contribution is -0.0544. The lowest BCUT2D eigenvalue weighted by atomic mass is 10.1. The minimum absolute atomic E-state index is 0.00585. The Kier molecular flexibility index (Phi) is 12.1. The van der Waals surface area contributed by atoms with Crippen molar-refractivity contribution in [3.05, 3.63) is 65.7 Å². The van der Waals surface area contributed by atoms with Crippen molar-refractivity contribution in [1.82, 2.24) is 19.1 Å². The Labute approximate surface area is 275 Å². The van der Waals surface area contributed by atoms with Gasteiger partial charge in [0, 0.05) is 24.0 Å². The van der Waals surface area contributed by atoms with Gasteiger partial charge in [-0.05, 0) is 6.92 Å². The topological polar surface area (TPSA) is 404 Å². The molecule has 0 amide bonds. The summed E-state index contributed by atoms with van der Waals surface area (Å²) >= 11 is 0. The first-order valence-electron chi connectivity index (χ1n) is 13.3. The van der Waals surface area contributed by atoms with Crippen LogP contribution in [0, 0.1) is 6.92 Å². The fourth-order valence-corrected chi connectivity index (χ4v) is 9.35. The molecule has 0 bridgehead atoms. The monoisotopic (exact) mass is 804 g/mol. The van der Waals surface area contributed by atoms with E-state index in [4.69, 9.17) is 9.47 Å². The van der Waals surface area contributed by atoms with E-state index in [1.54, 1.807) is 0 Å². The van der Waals surface area contributed by atoms with Crippen molar-refractivity contribution in [1.29, 1.82) is 0 Å². The van der Waals surface area contributed by atoms with Crippen molar-refractivity contribution >= 4 is 31.3 Å². The number of phosphoric acid groups is 4. The number of aliphatic hydroxyl groups excluding tert-OH is 4. The molecule has 4 unspecified atom stereocenters. The number of aromatic nitrogens is 4. The van der Waals surface area contributed by atoms with Crippen LogP contribution in [-0.2, 0) is 49.7 Å². The summed E-state index contributed by atoms with van der Waals surface area (Å²) in [5, 5.41) is 40.9. The maximum absolute atomic E-state index is 12.3. The molecule has 10 N–H and O–H groups in total. The molecule has 0 aromatic carbocycles. The first-order valence-corrected chi connectivity index (χ1v) is 19.3. The molecule has 2 aliphatic heterocycles. The molecule has 2 fully saturated rings. The maximum Gasteiger partial charge on any atom is 0.490 e. The number of phosphoric ester groups is 2. The third kappa shape index (κ3) is 9.76. The molecule has 0 saturated carbocycles. The average molecular weight is 804 g/mol. The van der Waals surface area contributed by atoms with Gasteiger partial charge in [-0.15, -0.1) is 0 Å². The van der Waals surface area contributed by atoms with E-state index in [-0.39, 0.29) is 5.56 Å². The summed E-state index contributed by atoms with van der Waals surface area (Å²) in [5.74, 6) is 0. The number of H-pyrrole nitrogens is 2. The first-order chi connectivity index (χ1) is 22.9. The summed E-state index contributed by atoms with van der Waals surface area (Å²) in [5.41, 5.74) is -3.73. The maximum atomic E-state index is 12.3. The molecule has 50 heavy (non-hydrogen) atoms. The predicted octanol–water partition coefficient (Wildman–Crippen LogP) is -3.88. The van der Waals surface area contributed by atoms with Gasteiger partial charge in [0.25, 0.3) is 11.1 Å². The number of nitrogens with one attached hydrogen (secondary N) is 2. The SMILES string of the molecule is Cc1cn([C@@H]2O[C@H](COP(=O)(O)OP(=O)(O)OP(=O)(O)OP(=O)(O)OC[C@H]3O[C@@H](n4ccc(=O)[nH]c4=O)[C@H](O)[C@@H]3O)[C@@H](O)[C@H]2O)c(=O)[nH]c1=O. The van der Waals surface area contributed by atoms with Gasteiger partial charge in [0.15, 0.2) is 12.5 Å². The van der Waals surface area contributed by atoms with Crippen molar-refractivity contribution in [3.8, 4) is 0 Å². The third-order valence-corrected chi connectivity index (χ3v) is 12.5. The highest BCUT2D eigenvalue weighted by molar-refractivity contribution is 7.69. The number of nitrogens with zero attached hydrogens (tertiary/aromatic N) is 2. The number of aromatic amines is 2. The van der Waals surface area contributed by atoms with Crippen LogP contribution in [0.4, 0.5) is 0 Å². The van der Waals surface area contributed by atoms with Crippen LogP contribution in [0.5, 0.6) is 0 Å². The standard InChI is InChI=1S/C19H28N4O23P4/c1-7-4-23(19(31)21-15(7)29)17-14(28)12(26)9(43-17)6-41-48(34,35)45-50(38,39)46-49(36,37)44-47(32,33)40-5-8-11(25)13(27)16(42-8)22-3-2-10(24)20-18(22)30/h2-4,8-9,11-14,16-17,25-28H,5-6H2,1H3,(H,32,33)(H,34,35)(H,36,37)(H,38,39)(H,20,24,30)(H,21,29,31)/t8-,9-,11-,12-,13-,14-,16-,17-/m1/s1. The van der Waals surface area contributed by atoms with Crippen molar-refractivity contribution in [2.75, 3.05) is 13.2 Å². The minimum Gasteiger partial charge on any atom is -0.387 e. The van der Waals surface area contributed by atoms with E-state index in [1.165, 1.54) is 6.92 Å². The number of hydrogen-bond donors (Lipinski definition) is 10. The van der Waals surface area contributed by atoms with Crippen LogP contribution in [0.2, 0.25) is 0 Å². The Bertz CT molecular complexity index is 2010. The second-order valence-electron chi connectivity index (χ2n) is 10.3. The Morgan fingerprint density at radius 1 is 0.680 bits per heavy atom. The average Bonchev–Trinajstić information content (AvgIpc) is 3.40. The van der Waals surface area contributed by atoms with Crippen molar-refractivity contribution in [2.24, 2.45) is 0 Å². The Morgan fingerprint density at radius 2 is 1.10 bits per heavy atom. The molecule has 2 aromatic rings. The number of rotatable bonds is 14. The van der Waals surface area contributed by atoms with Crippen LogP contribution in [-0.4, -0.2) is 109 Å². The molecule has 2 saturated heterocycles. The molecule has 31 heteroatoms. The second-order valence-corrected chi connectivity index (χ2v) is 16.5. The molecule has 12 atom stereocenters. The summed E-state index contributed by atoms with van der Waals surface area (Å²) in [6.45, 7) is -1.13. The molecular formula is C19H28N4O23P4. The summed E-state index contributed by atoms with van der Waals surface area (Å²) in [7, 11) is -24.2. The van der Waals surface area contributed by atoms with E-state index < -0.39 is 116 Å². The largest absolute Gasteiger partial charge is 0.490 e. The molecule has 2 aliphatic rings. The normalized spacial score (nSPS) is 31.8. The lowest BCUT2D eigenvalue weighted by Gasteiger charge is -2.21. The smallest absolute Gasteiger partial charge is 0.387 e. The van der Waals surface area contributed by atoms with Crippen molar-refractivity contribution in [2.45, 2.75) is 56.0 Å². The van der Waals surface area contributed by atoms with Gasteiger partial charge in [0.1, 0.15) is 36.6 Å². The lowest BCUT2D eigenvalue weighted by Crippen LogP contribution is -2.38. The van der Waals surface area contributed by atoms with Gasteiger partial charge in [-0.2, -0.15) is 12.9 Å². The van der Waals surface area contributed by atoms with E-state index in [2.05, 4.69) is 22.0 Å². The zero-order valence-electron chi connectivity index (χ0n) is 24.6. The van der Waals surface area contributed by atoms with Gasteiger partial charge in [-0.3, -0.25) is 37.7 Å². The fourth-order valence-electron chi connectivity index (χ4n) is 4.40. The van der Waals surface area contributed by atoms with Gasteiger partial charge in [0.2, 0.25) is 0 Å². The number of ether oxygens (including phenoxy) is 2. The van der Waals surface area contributed by atoms with E-state index >= 15 is 0 Å². The van der Waals surface area contributed by atoms with Crippen LogP contribution >= 0.6 is 31.3 Å². The van der Waals surface area contributed by atoms with E-state index in [0.717, 1.165) is 18.5 Å². The van der Waals surface area contributed by atoms with Crippen molar-refractivity contribution in [3.63, 3.8) is 0 Å². The van der Waals surface area contributed by atoms with E-state index in [9.17, 15) is 77.4 Å². The predicted molar refractivity (Wildman–Crippen MR) is 154 cm³/mol. The van der Waals surface area contributed by atoms with Crippen LogP contribution < -0.4 is 22.5 Å². The Balaban J connectivity index is 1.31. The highest BCUT2D eigenvalue weighted by Gasteiger charge is 2.50. The molecular weight excluding hydrogens is 776 g/mol. The van der Waals surface area contributed by atoms with Gasteiger partial charge in [-0.1, -0.05) is 0 Å². The van der Waals surface area contributed by atoms with E-state index in [1.807, 2.05) is 9.97 Å². The molecule has 0 aliphatic carbocycles.